The summed E-state index contributed by atoms with van der Waals surface area (Å²) in [7, 11) is 0. The summed E-state index contributed by atoms with van der Waals surface area (Å²) < 4.78 is 11.0. The van der Waals surface area contributed by atoms with E-state index >= 15 is 0 Å². The molecule has 3 saturated carbocycles. The quantitative estimate of drug-likeness (QED) is 0.545. The monoisotopic (exact) mass is 362 g/mol. The van der Waals surface area contributed by atoms with Crippen molar-refractivity contribution in [2.45, 2.75) is 71.8 Å². The lowest BCUT2D eigenvalue weighted by Crippen LogP contribution is -2.43. The van der Waals surface area contributed by atoms with Crippen LogP contribution in [0.1, 0.15) is 65.7 Å². The van der Waals surface area contributed by atoms with Crippen molar-refractivity contribution in [1.82, 2.24) is 0 Å². The second-order valence-electron chi connectivity index (χ2n) is 8.86. The number of carbonyl (C=O) groups is 2. The molecule has 3 fully saturated rings. The maximum atomic E-state index is 11.4. The molecule has 3 aliphatic carbocycles. The zero-order valence-corrected chi connectivity index (χ0v) is 16.5. The van der Waals surface area contributed by atoms with Gasteiger partial charge in [0.15, 0.2) is 0 Å². The average molecular weight is 363 g/mol. The molecule has 0 heterocycles. The molecular weight excluding hydrogens is 328 g/mol. The summed E-state index contributed by atoms with van der Waals surface area (Å²) in [5.74, 6) is 3.15. The standard InChI is InChI=1S/C22H34O4/c1-13-5-7-20-18(13)9-10-21(22(20)12-25-15(3)23)19-8-6-17(11-14(19)2)26-16(4)24/h14,17-22H,1,5-12H2,2-4H3/t14-,17-,18?,19?,20?,21?,22-/m0/s1. The highest BCUT2D eigenvalue weighted by Gasteiger charge is 2.47. The topological polar surface area (TPSA) is 52.6 Å². The molecule has 0 aromatic heterocycles. The normalized spacial score (nSPS) is 40.0. The summed E-state index contributed by atoms with van der Waals surface area (Å²) >= 11 is 0. The Morgan fingerprint density at radius 2 is 1.73 bits per heavy atom. The second-order valence-corrected chi connectivity index (χ2v) is 8.86. The highest BCUT2D eigenvalue weighted by Crippen LogP contribution is 2.54. The summed E-state index contributed by atoms with van der Waals surface area (Å²) in [5.41, 5.74) is 1.41. The van der Waals surface area contributed by atoms with E-state index in [1.165, 1.54) is 38.7 Å². The Kier molecular flexibility index (Phi) is 6.09. The Bertz CT molecular complexity index is 554. The highest BCUT2D eigenvalue weighted by atomic mass is 16.5. The molecule has 0 amide bonds. The number of ether oxygens (including phenoxy) is 2. The van der Waals surface area contributed by atoms with E-state index in [0.717, 1.165) is 25.7 Å². The molecule has 0 bridgehead atoms. The molecule has 4 heteroatoms. The van der Waals surface area contributed by atoms with E-state index in [2.05, 4.69) is 13.5 Å². The first-order valence-electron chi connectivity index (χ1n) is 10.3. The number of rotatable bonds is 4. The van der Waals surface area contributed by atoms with Crippen LogP contribution in [-0.4, -0.2) is 24.6 Å². The molecule has 3 aliphatic rings. The maximum Gasteiger partial charge on any atom is 0.302 e. The van der Waals surface area contributed by atoms with Crippen LogP contribution < -0.4 is 0 Å². The number of fused-ring (bicyclic) bond motifs is 1. The van der Waals surface area contributed by atoms with Crippen LogP contribution in [0.15, 0.2) is 12.2 Å². The lowest BCUT2D eigenvalue weighted by molar-refractivity contribution is -0.150. The van der Waals surface area contributed by atoms with Crippen molar-refractivity contribution < 1.29 is 19.1 Å². The van der Waals surface area contributed by atoms with Crippen LogP contribution in [0.3, 0.4) is 0 Å². The first kappa shape index (κ1) is 19.4. The van der Waals surface area contributed by atoms with Crippen LogP contribution in [0.4, 0.5) is 0 Å². The van der Waals surface area contributed by atoms with Crippen molar-refractivity contribution in [3.05, 3.63) is 12.2 Å². The van der Waals surface area contributed by atoms with Gasteiger partial charge in [-0.2, -0.15) is 0 Å². The maximum absolute atomic E-state index is 11.4. The zero-order chi connectivity index (χ0) is 18.8. The molecule has 0 saturated heterocycles. The van der Waals surface area contributed by atoms with Crippen LogP contribution in [0.2, 0.25) is 0 Å². The average Bonchev–Trinajstić information content (AvgIpc) is 2.94. The predicted molar refractivity (Wildman–Crippen MR) is 100 cm³/mol. The van der Waals surface area contributed by atoms with Crippen molar-refractivity contribution in [1.29, 1.82) is 0 Å². The summed E-state index contributed by atoms with van der Waals surface area (Å²) in [5, 5.41) is 0. The van der Waals surface area contributed by atoms with Crippen molar-refractivity contribution in [2.24, 2.45) is 35.5 Å². The Morgan fingerprint density at radius 1 is 1.00 bits per heavy atom. The molecule has 26 heavy (non-hydrogen) atoms. The number of hydrogen-bond acceptors (Lipinski definition) is 4. The van der Waals surface area contributed by atoms with Crippen LogP contribution in [0.5, 0.6) is 0 Å². The molecule has 0 aliphatic heterocycles. The number of carbonyl (C=O) groups excluding carboxylic acids is 2. The van der Waals surface area contributed by atoms with Crippen molar-refractivity contribution >= 4 is 11.9 Å². The Morgan fingerprint density at radius 3 is 2.38 bits per heavy atom. The second kappa shape index (κ2) is 8.14. The Hall–Kier alpha value is -1.32. The van der Waals surface area contributed by atoms with Crippen LogP contribution in [0.25, 0.3) is 0 Å². The van der Waals surface area contributed by atoms with Crippen LogP contribution in [0, 0.1) is 35.5 Å². The van der Waals surface area contributed by atoms with E-state index in [-0.39, 0.29) is 18.0 Å². The van der Waals surface area contributed by atoms with Gasteiger partial charge in [-0.3, -0.25) is 9.59 Å². The van der Waals surface area contributed by atoms with Gasteiger partial charge in [-0.05, 0) is 80.5 Å². The third-order valence-corrected chi connectivity index (χ3v) is 7.30. The molecular formula is C22H34O4. The van der Waals surface area contributed by atoms with Gasteiger partial charge >= 0.3 is 11.9 Å². The first-order valence-corrected chi connectivity index (χ1v) is 10.3. The lowest BCUT2D eigenvalue weighted by atomic mass is 9.59. The largest absolute Gasteiger partial charge is 0.466 e. The van der Waals surface area contributed by atoms with Gasteiger partial charge in [-0.1, -0.05) is 19.1 Å². The van der Waals surface area contributed by atoms with E-state index in [0.29, 0.717) is 42.1 Å². The Balaban J connectivity index is 1.71. The molecule has 0 radical (unpaired) electrons. The van der Waals surface area contributed by atoms with Gasteiger partial charge < -0.3 is 9.47 Å². The lowest BCUT2D eigenvalue weighted by Gasteiger charge is -2.47. The molecule has 4 unspecified atom stereocenters. The van der Waals surface area contributed by atoms with Crippen molar-refractivity contribution in [3.63, 3.8) is 0 Å². The third-order valence-electron chi connectivity index (χ3n) is 7.30. The molecule has 4 nitrogen and oxygen atoms in total. The van der Waals surface area contributed by atoms with Gasteiger partial charge in [-0.15, -0.1) is 0 Å². The number of allylic oxidation sites excluding steroid dienone is 1. The SMILES string of the molecule is C=C1CCC2C1CCC(C1CC[C@H](OC(C)=O)C[C@@H]1C)[C@H]2COC(C)=O. The third kappa shape index (κ3) is 4.15. The van der Waals surface area contributed by atoms with Crippen molar-refractivity contribution in [2.75, 3.05) is 6.61 Å². The van der Waals surface area contributed by atoms with E-state index in [1.807, 2.05) is 0 Å². The fraction of sp³-hybridized carbons (Fsp3) is 0.818. The van der Waals surface area contributed by atoms with Gasteiger partial charge in [0, 0.05) is 13.8 Å². The molecule has 0 spiro atoms. The van der Waals surface area contributed by atoms with Gasteiger partial charge in [0.05, 0.1) is 6.61 Å². The summed E-state index contributed by atoms with van der Waals surface area (Å²) in [4.78, 5) is 22.7. The molecule has 146 valence electrons. The Labute approximate surface area is 157 Å². The molecule has 0 N–H and O–H groups in total. The minimum absolute atomic E-state index is 0.0771. The minimum atomic E-state index is -0.172. The van der Waals surface area contributed by atoms with E-state index in [9.17, 15) is 9.59 Å². The minimum Gasteiger partial charge on any atom is -0.466 e. The van der Waals surface area contributed by atoms with E-state index < -0.39 is 0 Å². The summed E-state index contributed by atoms with van der Waals surface area (Å²) in [6.07, 6.45) is 7.89. The van der Waals surface area contributed by atoms with Crippen LogP contribution >= 0.6 is 0 Å². The summed E-state index contributed by atoms with van der Waals surface area (Å²) in [6, 6.07) is 0. The van der Waals surface area contributed by atoms with Gasteiger partial charge in [0.25, 0.3) is 0 Å². The van der Waals surface area contributed by atoms with Gasteiger partial charge in [-0.25, -0.2) is 0 Å². The first-order chi connectivity index (χ1) is 12.4. The predicted octanol–water partition coefficient (Wildman–Crippen LogP) is 4.53. The van der Waals surface area contributed by atoms with Crippen LogP contribution in [-0.2, 0) is 19.1 Å². The van der Waals surface area contributed by atoms with Gasteiger partial charge in [0.2, 0.25) is 0 Å². The van der Waals surface area contributed by atoms with E-state index in [1.54, 1.807) is 0 Å². The highest BCUT2D eigenvalue weighted by molar-refractivity contribution is 5.66. The fourth-order valence-corrected chi connectivity index (χ4v) is 6.22. The summed E-state index contributed by atoms with van der Waals surface area (Å²) in [6.45, 7) is 10.2. The molecule has 3 rings (SSSR count). The molecule has 0 aromatic carbocycles. The number of esters is 2. The molecule has 0 aromatic rings. The fourth-order valence-electron chi connectivity index (χ4n) is 6.22. The zero-order valence-electron chi connectivity index (χ0n) is 16.5. The number of hydrogen-bond donors (Lipinski definition) is 0. The smallest absolute Gasteiger partial charge is 0.302 e. The molecule has 7 atom stereocenters. The van der Waals surface area contributed by atoms with Gasteiger partial charge in [0.1, 0.15) is 6.10 Å². The van der Waals surface area contributed by atoms with Crippen molar-refractivity contribution in [3.8, 4) is 0 Å². The van der Waals surface area contributed by atoms with E-state index in [4.69, 9.17) is 9.47 Å².